The quantitative estimate of drug-likeness (QED) is 0.891. The molecular formula is C19H21ClN2O2. The van der Waals surface area contributed by atoms with E-state index in [1.807, 2.05) is 29.2 Å². The predicted octanol–water partition coefficient (Wildman–Crippen LogP) is 3.55. The molecule has 1 fully saturated rings. The second-order valence-electron chi connectivity index (χ2n) is 6.08. The topological polar surface area (TPSA) is 52.6 Å². The highest BCUT2D eigenvalue weighted by Crippen LogP contribution is 2.20. The molecule has 4 nitrogen and oxygen atoms in total. The summed E-state index contributed by atoms with van der Waals surface area (Å²) in [5.74, 6) is 0.0624. The van der Waals surface area contributed by atoms with Crippen LogP contribution in [0.5, 0.6) is 0 Å². The van der Waals surface area contributed by atoms with E-state index in [2.05, 4.69) is 5.32 Å². The van der Waals surface area contributed by atoms with Crippen LogP contribution in [-0.2, 0) is 6.61 Å². The molecule has 1 aliphatic heterocycles. The third kappa shape index (κ3) is 4.08. The second-order valence-corrected chi connectivity index (χ2v) is 6.51. The SMILES string of the molecule is O=C(c1ccc(Cl)cc1)N1CCC(Nc2cccc(CO)c2)CC1. The molecule has 0 bridgehead atoms. The van der Waals surface area contributed by atoms with E-state index in [9.17, 15) is 9.90 Å². The monoisotopic (exact) mass is 344 g/mol. The first-order valence-corrected chi connectivity index (χ1v) is 8.54. The van der Waals surface area contributed by atoms with Crippen LogP contribution in [0.4, 0.5) is 5.69 Å². The maximum Gasteiger partial charge on any atom is 0.253 e. The molecule has 0 aromatic heterocycles. The number of piperidine rings is 1. The maximum absolute atomic E-state index is 12.5. The molecular weight excluding hydrogens is 324 g/mol. The van der Waals surface area contributed by atoms with Gasteiger partial charge in [-0.05, 0) is 54.8 Å². The van der Waals surface area contributed by atoms with Crippen molar-refractivity contribution in [1.82, 2.24) is 4.90 Å². The molecule has 24 heavy (non-hydrogen) atoms. The number of nitrogens with zero attached hydrogens (tertiary/aromatic N) is 1. The van der Waals surface area contributed by atoms with Crippen LogP contribution in [0.25, 0.3) is 0 Å². The molecule has 2 N–H and O–H groups in total. The summed E-state index contributed by atoms with van der Waals surface area (Å²) in [6, 6.07) is 15.2. The van der Waals surface area contributed by atoms with Crippen LogP contribution >= 0.6 is 11.6 Å². The molecule has 2 aromatic carbocycles. The number of hydrogen-bond acceptors (Lipinski definition) is 3. The molecule has 0 spiro atoms. The van der Waals surface area contributed by atoms with Gasteiger partial charge < -0.3 is 15.3 Å². The molecule has 1 heterocycles. The zero-order valence-corrected chi connectivity index (χ0v) is 14.2. The van der Waals surface area contributed by atoms with E-state index in [-0.39, 0.29) is 12.5 Å². The number of aliphatic hydroxyl groups is 1. The summed E-state index contributed by atoms with van der Waals surface area (Å²) in [5.41, 5.74) is 2.60. The third-order valence-electron chi connectivity index (χ3n) is 4.35. The van der Waals surface area contributed by atoms with Crippen molar-refractivity contribution >= 4 is 23.2 Å². The second kappa shape index (κ2) is 7.69. The van der Waals surface area contributed by atoms with Crippen LogP contribution in [0.2, 0.25) is 5.02 Å². The van der Waals surface area contributed by atoms with Crippen molar-refractivity contribution in [3.8, 4) is 0 Å². The first-order valence-electron chi connectivity index (χ1n) is 8.17. The number of carbonyl (C=O) groups is 1. The van der Waals surface area contributed by atoms with Gasteiger partial charge >= 0.3 is 0 Å². The van der Waals surface area contributed by atoms with Crippen LogP contribution in [0.15, 0.2) is 48.5 Å². The van der Waals surface area contributed by atoms with Gasteiger partial charge in [-0.3, -0.25) is 4.79 Å². The minimum absolute atomic E-state index is 0.0452. The molecule has 0 saturated carbocycles. The highest BCUT2D eigenvalue weighted by atomic mass is 35.5. The first kappa shape index (κ1) is 16.8. The highest BCUT2D eigenvalue weighted by Gasteiger charge is 2.23. The van der Waals surface area contributed by atoms with E-state index >= 15 is 0 Å². The summed E-state index contributed by atoms with van der Waals surface area (Å²) in [6.07, 6.45) is 1.81. The molecule has 0 unspecified atom stereocenters. The van der Waals surface area contributed by atoms with E-state index in [4.69, 9.17) is 11.6 Å². The Hall–Kier alpha value is -2.04. The van der Waals surface area contributed by atoms with Gasteiger partial charge in [-0.1, -0.05) is 23.7 Å². The van der Waals surface area contributed by atoms with Gasteiger partial charge in [0.15, 0.2) is 0 Å². The van der Waals surface area contributed by atoms with Crippen molar-refractivity contribution in [3.05, 3.63) is 64.7 Å². The summed E-state index contributed by atoms with van der Waals surface area (Å²) >= 11 is 5.87. The number of amides is 1. The van der Waals surface area contributed by atoms with Gasteiger partial charge in [0.25, 0.3) is 5.91 Å². The lowest BCUT2D eigenvalue weighted by molar-refractivity contribution is 0.0718. The number of benzene rings is 2. The lowest BCUT2D eigenvalue weighted by Crippen LogP contribution is -2.42. The molecule has 0 aliphatic carbocycles. The zero-order chi connectivity index (χ0) is 16.9. The van der Waals surface area contributed by atoms with Gasteiger partial charge in [0, 0.05) is 35.4 Å². The summed E-state index contributed by atoms with van der Waals surface area (Å²) in [6.45, 7) is 1.52. The maximum atomic E-state index is 12.5. The smallest absolute Gasteiger partial charge is 0.253 e. The van der Waals surface area contributed by atoms with Crippen molar-refractivity contribution < 1.29 is 9.90 Å². The Morgan fingerprint density at radius 1 is 1.17 bits per heavy atom. The standard InChI is InChI=1S/C19H21ClN2O2/c20-16-6-4-15(5-7-16)19(24)22-10-8-17(9-11-22)21-18-3-1-2-14(12-18)13-23/h1-7,12,17,21,23H,8-11,13H2. The number of nitrogens with one attached hydrogen (secondary N) is 1. The summed E-state index contributed by atoms with van der Waals surface area (Å²) in [4.78, 5) is 14.4. The number of anilines is 1. The van der Waals surface area contributed by atoms with Crippen molar-refractivity contribution in [2.75, 3.05) is 18.4 Å². The van der Waals surface area contributed by atoms with E-state index in [0.717, 1.165) is 37.2 Å². The Kier molecular flexibility index (Phi) is 5.38. The van der Waals surface area contributed by atoms with Gasteiger partial charge in [-0.2, -0.15) is 0 Å². The van der Waals surface area contributed by atoms with Gasteiger partial charge in [0.2, 0.25) is 0 Å². The van der Waals surface area contributed by atoms with Crippen LogP contribution in [0.1, 0.15) is 28.8 Å². The Balaban J connectivity index is 1.55. The average Bonchev–Trinajstić information content (AvgIpc) is 2.62. The summed E-state index contributed by atoms with van der Waals surface area (Å²) in [7, 11) is 0. The van der Waals surface area contributed by atoms with E-state index < -0.39 is 0 Å². The lowest BCUT2D eigenvalue weighted by Gasteiger charge is -2.33. The summed E-state index contributed by atoms with van der Waals surface area (Å²) < 4.78 is 0. The number of carbonyl (C=O) groups excluding carboxylic acids is 1. The van der Waals surface area contributed by atoms with Crippen LogP contribution in [-0.4, -0.2) is 35.0 Å². The third-order valence-corrected chi connectivity index (χ3v) is 4.61. The molecule has 5 heteroatoms. The number of likely N-dealkylation sites (tertiary alicyclic amines) is 1. The van der Waals surface area contributed by atoms with E-state index in [0.29, 0.717) is 16.6 Å². The van der Waals surface area contributed by atoms with Crippen molar-refractivity contribution in [2.24, 2.45) is 0 Å². The van der Waals surface area contributed by atoms with E-state index in [1.165, 1.54) is 0 Å². The summed E-state index contributed by atoms with van der Waals surface area (Å²) in [5, 5.41) is 13.3. The van der Waals surface area contributed by atoms with Gasteiger partial charge in [0.1, 0.15) is 0 Å². The Labute approximate surface area is 147 Å². The van der Waals surface area contributed by atoms with Crippen LogP contribution in [0, 0.1) is 0 Å². The zero-order valence-electron chi connectivity index (χ0n) is 13.4. The normalized spacial score (nSPS) is 15.3. The Morgan fingerprint density at radius 2 is 1.88 bits per heavy atom. The fraction of sp³-hybridized carbons (Fsp3) is 0.316. The minimum Gasteiger partial charge on any atom is -0.392 e. The Morgan fingerprint density at radius 3 is 2.54 bits per heavy atom. The molecule has 1 amide bonds. The fourth-order valence-electron chi connectivity index (χ4n) is 3.00. The molecule has 0 radical (unpaired) electrons. The first-order chi connectivity index (χ1) is 11.7. The minimum atomic E-state index is 0.0452. The van der Waals surface area contributed by atoms with E-state index in [1.54, 1.807) is 24.3 Å². The molecule has 1 aliphatic rings. The predicted molar refractivity (Wildman–Crippen MR) is 96.4 cm³/mol. The molecule has 126 valence electrons. The molecule has 1 saturated heterocycles. The number of hydrogen-bond donors (Lipinski definition) is 2. The molecule has 2 aromatic rings. The number of aliphatic hydroxyl groups excluding tert-OH is 1. The fourth-order valence-corrected chi connectivity index (χ4v) is 3.12. The van der Waals surface area contributed by atoms with Crippen molar-refractivity contribution in [2.45, 2.75) is 25.5 Å². The number of rotatable bonds is 4. The van der Waals surface area contributed by atoms with Gasteiger partial charge in [0.05, 0.1) is 6.61 Å². The largest absolute Gasteiger partial charge is 0.392 e. The average molecular weight is 345 g/mol. The number of halogens is 1. The van der Waals surface area contributed by atoms with Crippen molar-refractivity contribution in [1.29, 1.82) is 0 Å². The highest BCUT2D eigenvalue weighted by molar-refractivity contribution is 6.30. The van der Waals surface area contributed by atoms with Gasteiger partial charge in [-0.15, -0.1) is 0 Å². The van der Waals surface area contributed by atoms with Crippen molar-refractivity contribution in [3.63, 3.8) is 0 Å². The molecule has 3 rings (SSSR count). The lowest BCUT2D eigenvalue weighted by atomic mass is 10.0. The Bertz CT molecular complexity index is 695. The molecule has 0 atom stereocenters. The van der Waals surface area contributed by atoms with Gasteiger partial charge in [-0.25, -0.2) is 0 Å². The van der Waals surface area contributed by atoms with Crippen LogP contribution in [0.3, 0.4) is 0 Å². The van der Waals surface area contributed by atoms with Crippen LogP contribution < -0.4 is 5.32 Å².